The van der Waals surface area contributed by atoms with Crippen LogP contribution in [0.25, 0.3) is 0 Å². The SMILES string of the molecule is O=C(Cc1cccc(Cl)c1)c1ccccc1O. The van der Waals surface area contributed by atoms with Crippen molar-refractivity contribution in [2.24, 2.45) is 0 Å². The molecule has 2 aromatic carbocycles. The molecule has 0 aliphatic rings. The minimum atomic E-state index is -0.120. The van der Waals surface area contributed by atoms with Gasteiger partial charge in [0, 0.05) is 11.4 Å². The van der Waals surface area contributed by atoms with Crippen LogP contribution in [0.4, 0.5) is 0 Å². The first-order valence-electron chi connectivity index (χ1n) is 5.22. The third kappa shape index (κ3) is 2.86. The van der Waals surface area contributed by atoms with Gasteiger partial charge in [-0.05, 0) is 29.8 Å². The molecule has 0 bridgehead atoms. The normalized spacial score (nSPS) is 10.2. The van der Waals surface area contributed by atoms with E-state index in [2.05, 4.69) is 0 Å². The zero-order chi connectivity index (χ0) is 12.3. The van der Waals surface area contributed by atoms with E-state index in [0.29, 0.717) is 10.6 Å². The number of aromatic hydroxyl groups is 1. The highest BCUT2D eigenvalue weighted by Gasteiger charge is 2.10. The van der Waals surface area contributed by atoms with E-state index in [1.165, 1.54) is 6.07 Å². The molecule has 0 fully saturated rings. The molecule has 0 spiro atoms. The van der Waals surface area contributed by atoms with Crippen LogP contribution in [-0.2, 0) is 6.42 Å². The lowest BCUT2D eigenvalue weighted by molar-refractivity contribution is 0.0990. The molecule has 0 unspecified atom stereocenters. The van der Waals surface area contributed by atoms with Crippen LogP contribution in [0.5, 0.6) is 5.75 Å². The van der Waals surface area contributed by atoms with Crippen molar-refractivity contribution in [3.8, 4) is 5.75 Å². The standard InChI is InChI=1S/C14H11ClO2/c15-11-5-3-4-10(8-11)9-14(17)12-6-1-2-7-13(12)16/h1-8,16H,9H2. The number of phenolic OH excluding ortho intramolecular Hbond substituents is 1. The monoisotopic (exact) mass is 246 g/mol. The number of rotatable bonds is 3. The molecule has 3 heteroatoms. The Morgan fingerprint density at radius 1 is 1.12 bits per heavy atom. The van der Waals surface area contributed by atoms with Crippen molar-refractivity contribution < 1.29 is 9.90 Å². The van der Waals surface area contributed by atoms with Gasteiger partial charge in [0.15, 0.2) is 5.78 Å². The highest BCUT2D eigenvalue weighted by Crippen LogP contribution is 2.19. The fourth-order valence-electron chi connectivity index (χ4n) is 1.64. The van der Waals surface area contributed by atoms with Crippen LogP contribution < -0.4 is 0 Å². The van der Waals surface area contributed by atoms with Crippen molar-refractivity contribution >= 4 is 17.4 Å². The minimum Gasteiger partial charge on any atom is -0.507 e. The maximum absolute atomic E-state index is 11.9. The topological polar surface area (TPSA) is 37.3 Å². The highest BCUT2D eigenvalue weighted by molar-refractivity contribution is 6.30. The van der Waals surface area contributed by atoms with Crippen molar-refractivity contribution in [2.45, 2.75) is 6.42 Å². The van der Waals surface area contributed by atoms with Crippen molar-refractivity contribution in [3.63, 3.8) is 0 Å². The summed E-state index contributed by atoms with van der Waals surface area (Å²) >= 11 is 5.84. The highest BCUT2D eigenvalue weighted by atomic mass is 35.5. The van der Waals surface area contributed by atoms with Crippen LogP contribution in [0.2, 0.25) is 5.02 Å². The summed E-state index contributed by atoms with van der Waals surface area (Å²) in [7, 11) is 0. The smallest absolute Gasteiger partial charge is 0.170 e. The second-order valence-electron chi connectivity index (χ2n) is 3.75. The fraction of sp³-hybridized carbons (Fsp3) is 0.0714. The van der Waals surface area contributed by atoms with Gasteiger partial charge in [-0.1, -0.05) is 35.9 Å². The van der Waals surface area contributed by atoms with E-state index in [4.69, 9.17) is 11.6 Å². The lowest BCUT2D eigenvalue weighted by Gasteiger charge is -2.04. The zero-order valence-electron chi connectivity index (χ0n) is 9.06. The molecule has 0 saturated carbocycles. The van der Waals surface area contributed by atoms with Gasteiger partial charge < -0.3 is 5.11 Å². The molecule has 0 saturated heterocycles. The summed E-state index contributed by atoms with van der Waals surface area (Å²) in [6.45, 7) is 0. The van der Waals surface area contributed by atoms with Crippen LogP contribution in [-0.4, -0.2) is 10.9 Å². The number of benzene rings is 2. The van der Waals surface area contributed by atoms with Crippen molar-refractivity contribution in [2.75, 3.05) is 0 Å². The number of Topliss-reactive ketones (excluding diaryl/α,β-unsaturated/α-hetero) is 1. The number of halogens is 1. The average Bonchev–Trinajstić information content (AvgIpc) is 2.29. The predicted octanol–water partition coefficient (Wildman–Crippen LogP) is 3.47. The lowest BCUT2D eigenvalue weighted by Crippen LogP contribution is -2.03. The van der Waals surface area contributed by atoms with Gasteiger partial charge in [-0.2, -0.15) is 0 Å². The summed E-state index contributed by atoms with van der Waals surface area (Å²) in [6, 6.07) is 13.7. The number of hydrogen-bond acceptors (Lipinski definition) is 2. The number of carbonyl (C=O) groups excluding carboxylic acids is 1. The molecular weight excluding hydrogens is 236 g/mol. The largest absolute Gasteiger partial charge is 0.507 e. The van der Waals surface area contributed by atoms with E-state index in [-0.39, 0.29) is 18.0 Å². The Kier molecular flexibility index (Phi) is 3.45. The summed E-state index contributed by atoms with van der Waals surface area (Å²) in [5, 5.41) is 10.2. The second-order valence-corrected chi connectivity index (χ2v) is 4.18. The second kappa shape index (κ2) is 5.02. The Morgan fingerprint density at radius 2 is 1.88 bits per heavy atom. The summed E-state index contributed by atoms with van der Waals surface area (Å²) in [5.74, 6) is -0.107. The molecule has 2 nitrogen and oxygen atoms in total. The number of ketones is 1. The first kappa shape index (κ1) is 11.7. The van der Waals surface area contributed by atoms with Gasteiger partial charge in [0.05, 0.1) is 5.56 Å². The molecule has 1 N–H and O–H groups in total. The maximum atomic E-state index is 11.9. The van der Waals surface area contributed by atoms with Gasteiger partial charge in [0.25, 0.3) is 0 Å². The molecule has 2 rings (SSSR count). The summed E-state index contributed by atoms with van der Waals surface area (Å²) in [5.41, 5.74) is 1.18. The Hall–Kier alpha value is -1.80. The Balaban J connectivity index is 2.20. The zero-order valence-corrected chi connectivity index (χ0v) is 9.82. The molecule has 86 valence electrons. The van der Waals surface area contributed by atoms with Crippen molar-refractivity contribution in [3.05, 3.63) is 64.7 Å². The molecule has 0 aliphatic carbocycles. The molecule has 0 aromatic heterocycles. The number of carbonyl (C=O) groups is 1. The number of phenols is 1. The Morgan fingerprint density at radius 3 is 2.59 bits per heavy atom. The average molecular weight is 247 g/mol. The number of hydrogen-bond donors (Lipinski definition) is 1. The van der Waals surface area contributed by atoms with Crippen LogP contribution >= 0.6 is 11.6 Å². The lowest BCUT2D eigenvalue weighted by atomic mass is 10.0. The van der Waals surface area contributed by atoms with E-state index >= 15 is 0 Å². The van der Waals surface area contributed by atoms with Gasteiger partial charge in [-0.15, -0.1) is 0 Å². The molecule has 0 heterocycles. The van der Waals surface area contributed by atoms with E-state index in [0.717, 1.165) is 5.56 Å². The maximum Gasteiger partial charge on any atom is 0.170 e. The fourth-order valence-corrected chi connectivity index (χ4v) is 1.85. The molecule has 0 atom stereocenters. The molecule has 0 radical (unpaired) electrons. The van der Waals surface area contributed by atoms with Crippen LogP contribution in [0, 0.1) is 0 Å². The summed E-state index contributed by atoms with van der Waals surface area (Å²) in [6.07, 6.45) is 0.234. The van der Waals surface area contributed by atoms with E-state index in [9.17, 15) is 9.90 Å². The van der Waals surface area contributed by atoms with Gasteiger partial charge >= 0.3 is 0 Å². The molecule has 17 heavy (non-hydrogen) atoms. The predicted molar refractivity (Wildman–Crippen MR) is 67.6 cm³/mol. The van der Waals surface area contributed by atoms with E-state index < -0.39 is 0 Å². The Bertz CT molecular complexity index is 549. The Labute approximate surface area is 104 Å². The van der Waals surface area contributed by atoms with Crippen LogP contribution in [0.15, 0.2) is 48.5 Å². The van der Waals surface area contributed by atoms with Crippen molar-refractivity contribution in [1.82, 2.24) is 0 Å². The van der Waals surface area contributed by atoms with Crippen LogP contribution in [0.1, 0.15) is 15.9 Å². The van der Waals surface area contributed by atoms with E-state index in [1.54, 1.807) is 36.4 Å². The summed E-state index contributed by atoms with van der Waals surface area (Å²) in [4.78, 5) is 11.9. The van der Waals surface area contributed by atoms with Crippen LogP contribution in [0.3, 0.4) is 0 Å². The summed E-state index contributed by atoms with van der Waals surface area (Å²) < 4.78 is 0. The third-order valence-corrected chi connectivity index (χ3v) is 2.69. The first-order valence-corrected chi connectivity index (χ1v) is 5.60. The van der Waals surface area contributed by atoms with Gasteiger partial charge in [0.2, 0.25) is 0 Å². The molecular formula is C14H11ClO2. The molecule has 2 aromatic rings. The quantitative estimate of drug-likeness (QED) is 0.842. The third-order valence-electron chi connectivity index (χ3n) is 2.46. The van der Waals surface area contributed by atoms with Gasteiger partial charge in [0.1, 0.15) is 5.75 Å². The van der Waals surface area contributed by atoms with E-state index in [1.807, 2.05) is 6.07 Å². The first-order chi connectivity index (χ1) is 8.16. The van der Waals surface area contributed by atoms with Crippen molar-refractivity contribution in [1.29, 1.82) is 0 Å². The van der Waals surface area contributed by atoms with Gasteiger partial charge in [-0.3, -0.25) is 4.79 Å². The minimum absolute atomic E-state index is 0.0135. The molecule has 0 amide bonds. The molecule has 0 aliphatic heterocycles. The number of para-hydroxylation sites is 1. The van der Waals surface area contributed by atoms with Gasteiger partial charge in [-0.25, -0.2) is 0 Å².